The van der Waals surface area contributed by atoms with E-state index in [1.807, 2.05) is 0 Å². The molecule has 0 bridgehead atoms. The van der Waals surface area contributed by atoms with Gasteiger partial charge in [-0.05, 0) is 12.8 Å². The summed E-state index contributed by atoms with van der Waals surface area (Å²) >= 11 is 0. The predicted molar refractivity (Wildman–Crippen MR) is 51.6 cm³/mol. The van der Waals surface area contributed by atoms with Crippen LogP contribution in [0.25, 0.3) is 0 Å². The normalized spacial score (nSPS) is 21.8. The molecule has 0 radical (unpaired) electrons. The van der Waals surface area contributed by atoms with Crippen molar-refractivity contribution in [2.24, 2.45) is 7.05 Å². The molecule has 0 amide bonds. The molecule has 0 atom stereocenters. The molecule has 0 spiro atoms. The van der Waals surface area contributed by atoms with Crippen LogP contribution in [0, 0.1) is 0 Å². The van der Waals surface area contributed by atoms with Gasteiger partial charge < -0.3 is 5.73 Å². The van der Waals surface area contributed by atoms with Crippen molar-refractivity contribution in [2.75, 3.05) is 5.73 Å². The number of aryl methyl sites for hydroxylation is 1. The third-order valence-corrected chi connectivity index (χ3v) is 2.90. The fourth-order valence-corrected chi connectivity index (χ4v) is 1.89. The molecule has 1 aromatic rings. The molecule has 4 nitrogen and oxygen atoms in total. The Bertz CT molecular complexity index is 331. The van der Waals surface area contributed by atoms with E-state index < -0.39 is 5.92 Å². The first-order valence-electron chi connectivity index (χ1n) is 5.02. The maximum absolute atomic E-state index is 12.9. The molecule has 1 saturated carbocycles. The van der Waals surface area contributed by atoms with Crippen molar-refractivity contribution in [1.29, 1.82) is 0 Å². The van der Waals surface area contributed by atoms with Gasteiger partial charge in [-0.15, -0.1) is 0 Å². The number of halogens is 2. The van der Waals surface area contributed by atoms with Crippen molar-refractivity contribution < 1.29 is 8.78 Å². The zero-order valence-electron chi connectivity index (χ0n) is 8.58. The number of aromatic nitrogens is 3. The molecule has 1 aliphatic rings. The number of alkyl halides is 2. The molecule has 6 heteroatoms. The smallest absolute Gasteiger partial charge is 0.248 e. The fraction of sp³-hybridized carbons (Fsp3) is 0.778. The van der Waals surface area contributed by atoms with Crippen molar-refractivity contribution >= 4 is 5.95 Å². The molecule has 0 unspecified atom stereocenters. The molecule has 1 heterocycles. The number of hydrogen-bond donors (Lipinski definition) is 1. The molecular formula is C9H14F2N4. The van der Waals surface area contributed by atoms with E-state index in [1.165, 1.54) is 4.68 Å². The topological polar surface area (TPSA) is 56.7 Å². The standard InChI is InChI=1S/C9H14F2N4/c1-15-8(12)13-7(14-15)6-2-4-9(10,11)5-3-6/h6H,2-5H2,1H3,(H2,12,13,14). The molecular weight excluding hydrogens is 202 g/mol. The van der Waals surface area contributed by atoms with Gasteiger partial charge in [-0.25, -0.2) is 13.5 Å². The summed E-state index contributed by atoms with van der Waals surface area (Å²) in [6.45, 7) is 0. The molecule has 2 rings (SSSR count). The van der Waals surface area contributed by atoms with Gasteiger partial charge in [-0.1, -0.05) is 0 Å². The predicted octanol–water partition coefficient (Wildman–Crippen LogP) is 1.69. The van der Waals surface area contributed by atoms with Crippen LogP contribution in [0.15, 0.2) is 0 Å². The lowest BCUT2D eigenvalue weighted by atomic mass is 9.86. The Kier molecular flexibility index (Phi) is 2.36. The number of nitrogen functional groups attached to an aromatic ring is 1. The highest BCUT2D eigenvalue weighted by Gasteiger charge is 2.36. The van der Waals surface area contributed by atoms with E-state index >= 15 is 0 Å². The van der Waals surface area contributed by atoms with E-state index in [1.54, 1.807) is 7.05 Å². The van der Waals surface area contributed by atoms with Gasteiger partial charge in [0.15, 0.2) is 5.82 Å². The van der Waals surface area contributed by atoms with Gasteiger partial charge in [0.1, 0.15) is 0 Å². The van der Waals surface area contributed by atoms with E-state index in [-0.39, 0.29) is 18.8 Å². The van der Waals surface area contributed by atoms with E-state index in [0.29, 0.717) is 24.6 Å². The third kappa shape index (κ3) is 2.08. The fourth-order valence-electron chi connectivity index (χ4n) is 1.89. The first-order valence-corrected chi connectivity index (χ1v) is 5.02. The van der Waals surface area contributed by atoms with Gasteiger partial charge in [-0.2, -0.15) is 10.1 Å². The summed E-state index contributed by atoms with van der Waals surface area (Å²) in [5.74, 6) is -1.53. The molecule has 2 N–H and O–H groups in total. The van der Waals surface area contributed by atoms with Crippen LogP contribution in [-0.4, -0.2) is 20.7 Å². The van der Waals surface area contributed by atoms with Gasteiger partial charge >= 0.3 is 0 Å². The van der Waals surface area contributed by atoms with Crippen LogP contribution in [-0.2, 0) is 7.05 Å². The lowest BCUT2D eigenvalue weighted by Gasteiger charge is -2.26. The number of rotatable bonds is 1. The Labute approximate surface area is 86.5 Å². The molecule has 0 saturated heterocycles. The van der Waals surface area contributed by atoms with Crippen LogP contribution < -0.4 is 5.73 Å². The maximum atomic E-state index is 12.9. The summed E-state index contributed by atoms with van der Waals surface area (Å²) in [5, 5.41) is 4.12. The van der Waals surface area contributed by atoms with E-state index in [9.17, 15) is 8.78 Å². The summed E-state index contributed by atoms with van der Waals surface area (Å²) in [6.07, 6.45) is 0.735. The average molecular weight is 216 g/mol. The Morgan fingerprint density at radius 1 is 1.40 bits per heavy atom. The van der Waals surface area contributed by atoms with Crippen LogP contribution in [0.1, 0.15) is 37.4 Å². The summed E-state index contributed by atoms with van der Waals surface area (Å²) in [7, 11) is 1.70. The Balaban J connectivity index is 2.07. The van der Waals surface area contributed by atoms with Crippen molar-refractivity contribution in [3.63, 3.8) is 0 Å². The molecule has 0 aromatic carbocycles. The van der Waals surface area contributed by atoms with E-state index in [4.69, 9.17) is 5.73 Å². The highest BCUT2D eigenvalue weighted by molar-refractivity contribution is 5.17. The van der Waals surface area contributed by atoms with Gasteiger partial charge in [-0.3, -0.25) is 0 Å². The largest absolute Gasteiger partial charge is 0.368 e. The van der Waals surface area contributed by atoms with Crippen LogP contribution in [0.3, 0.4) is 0 Å². The minimum Gasteiger partial charge on any atom is -0.368 e. The second-order valence-corrected chi connectivity index (χ2v) is 4.08. The van der Waals surface area contributed by atoms with Gasteiger partial charge in [0.2, 0.25) is 11.9 Å². The second-order valence-electron chi connectivity index (χ2n) is 4.08. The van der Waals surface area contributed by atoms with Crippen LogP contribution >= 0.6 is 0 Å². The number of nitrogens with two attached hydrogens (primary N) is 1. The third-order valence-electron chi connectivity index (χ3n) is 2.90. The number of nitrogens with zero attached hydrogens (tertiary/aromatic N) is 3. The maximum Gasteiger partial charge on any atom is 0.248 e. The quantitative estimate of drug-likeness (QED) is 0.777. The summed E-state index contributed by atoms with van der Waals surface area (Å²) < 4.78 is 27.3. The summed E-state index contributed by atoms with van der Waals surface area (Å²) in [4.78, 5) is 4.07. The van der Waals surface area contributed by atoms with Crippen LogP contribution in [0.5, 0.6) is 0 Å². The summed E-state index contributed by atoms with van der Waals surface area (Å²) in [6, 6.07) is 0. The molecule has 1 aliphatic carbocycles. The van der Waals surface area contributed by atoms with E-state index in [0.717, 1.165) is 0 Å². The molecule has 0 aliphatic heterocycles. The minimum atomic E-state index is -2.50. The van der Waals surface area contributed by atoms with Crippen molar-refractivity contribution in [2.45, 2.75) is 37.5 Å². The van der Waals surface area contributed by atoms with E-state index in [2.05, 4.69) is 10.1 Å². The van der Waals surface area contributed by atoms with Gasteiger partial charge in [0.25, 0.3) is 0 Å². The average Bonchev–Trinajstić information content (AvgIpc) is 2.47. The monoisotopic (exact) mass is 216 g/mol. The minimum absolute atomic E-state index is 0.0353. The first kappa shape index (κ1) is 10.3. The van der Waals surface area contributed by atoms with Crippen molar-refractivity contribution in [1.82, 2.24) is 14.8 Å². The van der Waals surface area contributed by atoms with Crippen LogP contribution in [0.2, 0.25) is 0 Å². The second kappa shape index (κ2) is 3.43. The van der Waals surface area contributed by atoms with Crippen molar-refractivity contribution in [3.8, 4) is 0 Å². The highest BCUT2D eigenvalue weighted by atomic mass is 19.3. The zero-order chi connectivity index (χ0) is 11.1. The summed E-state index contributed by atoms with van der Waals surface area (Å²) in [5.41, 5.74) is 5.54. The molecule has 1 aromatic heterocycles. The number of anilines is 1. The molecule has 84 valence electrons. The molecule has 1 fully saturated rings. The van der Waals surface area contributed by atoms with Crippen LogP contribution in [0.4, 0.5) is 14.7 Å². The zero-order valence-corrected chi connectivity index (χ0v) is 8.58. The van der Waals surface area contributed by atoms with Crippen molar-refractivity contribution in [3.05, 3.63) is 5.82 Å². The lowest BCUT2D eigenvalue weighted by molar-refractivity contribution is -0.0387. The number of hydrogen-bond acceptors (Lipinski definition) is 3. The highest BCUT2D eigenvalue weighted by Crippen LogP contribution is 2.39. The molecule has 15 heavy (non-hydrogen) atoms. The Morgan fingerprint density at radius 2 is 2.00 bits per heavy atom. The van der Waals surface area contributed by atoms with Gasteiger partial charge in [0, 0.05) is 25.8 Å². The first-order chi connectivity index (χ1) is 6.98. The Hall–Kier alpha value is -1.20. The van der Waals surface area contributed by atoms with Gasteiger partial charge in [0.05, 0.1) is 0 Å². The Morgan fingerprint density at radius 3 is 2.47 bits per heavy atom. The SMILES string of the molecule is Cn1nc(C2CCC(F)(F)CC2)nc1N. The lowest BCUT2D eigenvalue weighted by Crippen LogP contribution is -2.24.